The molecule has 0 atom stereocenters. The predicted molar refractivity (Wildman–Crippen MR) is 53.0 cm³/mol. The monoisotopic (exact) mass is 207 g/mol. The van der Waals surface area contributed by atoms with Crippen molar-refractivity contribution in [3.05, 3.63) is 35.5 Å². The van der Waals surface area contributed by atoms with Gasteiger partial charge in [-0.05, 0) is 19.9 Å². The molecule has 0 aliphatic heterocycles. The molecule has 3 nitrogen and oxygen atoms in total. The van der Waals surface area contributed by atoms with Crippen molar-refractivity contribution < 1.29 is 14.0 Å². The van der Waals surface area contributed by atoms with E-state index in [2.05, 4.69) is 5.16 Å². The van der Waals surface area contributed by atoms with Crippen molar-refractivity contribution in [2.45, 2.75) is 13.8 Å². The van der Waals surface area contributed by atoms with Crippen LogP contribution in [0, 0.1) is 19.7 Å². The number of hydrogen-bond acceptors (Lipinski definition) is 3. The molecule has 2 aromatic rings. The molecule has 0 unspecified atom stereocenters. The number of rotatable bonds is 1. The second-order valence-corrected chi connectivity index (χ2v) is 3.34. The molecule has 1 aromatic carbocycles. The van der Waals surface area contributed by atoms with Gasteiger partial charge in [0.1, 0.15) is 5.76 Å². The minimum atomic E-state index is -0.646. The second-order valence-electron chi connectivity index (χ2n) is 3.34. The first kappa shape index (κ1) is 9.71. The van der Waals surface area contributed by atoms with E-state index in [4.69, 9.17) is 4.52 Å². The number of aromatic hydroxyl groups is 1. The average molecular weight is 207 g/mol. The van der Waals surface area contributed by atoms with Crippen LogP contribution in [0.15, 0.2) is 22.7 Å². The molecule has 15 heavy (non-hydrogen) atoms. The number of aryl methyl sites for hydroxylation is 2. The lowest BCUT2D eigenvalue weighted by Gasteiger charge is -2.03. The molecule has 0 aliphatic carbocycles. The third-order valence-corrected chi connectivity index (χ3v) is 2.28. The fourth-order valence-corrected chi connectivity index (χ4v) is 1.58. The summed E-state index contributed by atoms with van der Waals surface area (Å²) < 4.78 is 18.6. The number of phenols is 1. The summed E-state index contributed by atoms with van der Waals surface area (Å²) in [6, 6.07) is 4.47. The number of halogens is 1. The fourth-order valence-electron chi connectivity index (χ4n) is 1.58. The van der Waals surface area contributed by atoms with Crippen LogP contribution in [0.2, 0.25) is 0 Å². The maximum atomic E-state index is 13.6. The van der Waals surface area contributed by atoms with Crippen LogP contribution in [0.25, 0.3) is 11.1 Å². The molecule has 0 saturated carbocycles. The van der Waals surface area contributed by atoms with Gasteiger partial charge < -0.3 is 9.63 Å². The van der Waals surface area contributed by atoms with Crippen LogP contribution in [0.5, 0.6) is 5.75 Å². The zero-order valence-corrected chi connectivity index (χ0v) is 8.41. The minimum Gasteiger partial charge on any atom is -0.505 e. The number of hydrogen-bond donors (Lipinski definition) is 1. The van der Waals surface area contributed by atoms with Crippen molar-refractivity contribution >= 4 is 0 Å². The third kappa shape index (κ3) is 1.48. The lowest BCUT2D eigenvalue weighted by atomic mass is 10.0. The lowest BCUT2D eigenvalue weighted by molar-refractivity contribution is 0.393. The van der Waals surface area contributed by atoms with Crippen LogP contribution in [0.3, 0.4) is 0 Å². The van der Waals surface area contributed by atoms with E-state index in [1.807, 2.05) is 0 Å². The molecule has 1 N–H and O–H groups in total. The molecule has 78 valence electrons. The largest absolute Gasteiger partial charge is 0.505 e. The minimum absolute atomic E-state index is 0.311. The topological polar surface area (TPSA) is 46.3 Å². The summed E-state index contributed by atoms with van der Waals surface area (Å²) >= 11 is 0. The van der Waals surface area contributed by atoms with Crippen molar-refractivity contribution in [3.8, 4) is 16.9 Å². The summed E-state index contributed by atoms with van der Waals surface area (Å²) in [6.45, 7) is 3.44. The Morgan fingerprint density at radius 1 is 1.33 bits per heavy atom. The molecular formula is C11H10FNO2. The highest BCUT2D eigenvalue weighted by Crippen LogP contribution is 2.32. The summed E-state index contributed by atoms with van der Waals surface area (Å²) in [5.41, 5.74) is 1.52. The van der Waals surface area contributed by atoms with Crippen LogP contribution >= 0.6 is 0 Å². The molecule has 0 spiro atoms. The molecule has 1 aromatic heterocycles. The van der Waals surface area contributed by atoms with Crippen LogP contribution in [-0.2, 0) is 0 Å². The van der Waals surface area contributed by atoms with Gasteiger partial charge in [0.05, 0.1) is 11.3 Å². The van der Waals surface area contributed by atoms with Gasteiger partial charge in [-0.25, -0.2) is 4.39 Å². The SMILES string of the molecule is Cc1noc(C)c1-c1cccc(O)c1F. The summed E-state index contributed by atoms with van der Waals surface area (Å²) in [7, 11) is 0. The molecule has 2 rings (SSSR count). The Kier molecular flexibility index (Phi) is 2.19. The number of aromatic nitrogens is 1. The molecule has 4 heteroatoms. The third-order valence-electron chi connectivity index (χ3n) is 2.28. The van der Waals surface area contributed by atoms with Gasteiger partial charge in [0.15, 0.2) is 11.6 Å². The highest BCUT2D eigenvalue weighted by atomic mass is 19.1. The van der Waals surface area contributed by atoms with E-state index in [0.717, 1.165) is 0 Å². The smallest absolute Gasteiger partial charge is 0.172 e. The molecule has 0 aliphatic rings. The van der Waals surface area contributed by atoms with E-state index in [1.54, 1.807) is 26.0 Å². The van der Waals surface area contributed by atoms with E-state index < -0.39 is 5.82 Å². The number of phenolic OH excluding ortho intramolecular Hbond substituents is 1. The van der Waals surface area contributed by atoms with Crippen molar-refractivity contribution in [2.75, 3.05) is 0 Å². The van der Waals surface area contributed by atoms with E-state index in [1.165, 1.54) is 6.07 Å². The Bertz CT molecular complexity index is 486. The Labute approximate surface area is 86.1 Å². The maximum absolute atomic E-state index is 13.6. The van der Waals surface area contributed by atoms with E-state index in [-0.39, 0.29) is 5.75 Å². The Morgan fingerprint density at radius 3 is 2.67 bits per heavy atom. The first-order valence-corrected chi connectivity index (χ1v) is 4.52. The molecule has 0 fully saturated rings. The van der Waals surface area contributed by atoms with Crippen molar-refractivity contribution in [1.82, 2.24) is 5.16 Å². The molecule has 1 heterocycles. The van der Waals surface area contributed by atoms with Gasteiger partial charge in [0.2, 0.25) is 0 Å². The van der Waals surface area contributed by atoms with Crippen molar-refractivity contribution in [2.24, 2.45) is 0 Å². The quantitative estimate of drug-likeness (QED) is 0.782. The molecule has 0 bridgehead atoms. The van der Waals surface area contributed by atoms with Gasteiger partial charge in [0, 0.05) is 5.56 Å². The van der Waals surface area contributed by atoms with E-state index in [9.17, 15) is 9.50 Å². The van der Waals surface area contributed by atoms with Gasteiger partial charge in [-0.1, -0.05) is 17.3 Å². The van der Waals surface area contributed by atoms with Crippen LogP contribution < -0.4 is 0 Å². The van der Waals surface area contributed by atoms with E-state index >= 15 is 0 Å². The summed E-state index contributed by atoms with van der Waals surface area (Å²) in [5.74, 6) is -0.476. The first-order valence-electron chi connectivity index (χ1n) is 4.52. The summed E-state index contributed by atoms with van der Waals surface area (Å²) in [5, 5.41) is 13.0. The van der Waals surface area contributed by atoms with Crippen LogP contribution in [0.1, 0.15) is 11.5 Å². The summed E-state index contributed by atoms with van der Waals surface area (Å²) in [4.78, 5) is 0. The highest BCUT2D eigenvalue weighted by molar-refractivity contribution is 5.69. The summed E-state index contributed by atoms with van der Waals surface area (Å²) in [6.07, 6.45) is 0. The molecule has 0 radical (unpaired) electrons. The standard InChI is InChI=1S/C11H10FNO2/c1-6-10(7(2)15-13-6)8-4-3-5-9(14)11(8)12/h3-5,14H,1-2H3. The molecule has 0 amide bonds. The maximum Gasteiger partial charge on any atom is 0.172 e. The highest BCUT2D eigenvalue weighted by Gasteiger charge is 2.16. The van der Waals surface area contributed by atoms with Crippen LogP contribution in [-0.4, -0.2) is 10.3 Å². The second kappa shape index (κ2) is 3.38. The first-order chi connectivity index (χ1) is 7.11. The normalized spacial score (nSPS) is 10.6. The Morgan fingerprint density at radius 2 is 2.07 bits per heavy atom. The molecule has 0 saturated heterocycles. The van der Waals surface area contributed by atoms with Gasteiger partial charge in [0.25, 0.3) is 0 Å². The van der Waals surface area contributed by atoms with Gasteiger partial charge in [-0.2, -0.15) is 0 Å². The van der Waals surface area contributed by atoms with Gasteiger partial charge >= 0.3 is 0 Å². The number of benzene rings is 1. The van der Waals surface area contributed by atoms with Gasteiger partial charge in [-0.15, -0.1) is 0 Å². The fraction of sp³-hybridized carbons (Fsp3) is 0.182. The van der Waals surface area contributed by atoms with E-state index in [0.29, 0.717) is 22.6 Å². The average Bonchev–Trinajstić information content (AvgIpc) is 2.52. The van der Waals surface area contributed by atoms with Crippen molar-refractivity contribution in [1.29, 1.82) is 0 Å². The Hall–Kier alpha value is -1.84. The van der Waals surface area contributed by atoms with Crippen molar-refractivity contribution in [3.63, 3.8) is 0 Å². The predicted octanol–water partition coefficient (Wildman–Crippen LogP) is 2.80. The Balaban J connectivity index is 2.69. The van der Waals surface area contributed by atoms with Gasteiger partial charge in [-0.3, -0.25) is 0 Å². The zero-order chi connectivity index (χ0) is 11.0. The lowest BCUT2D eigenvalue weighted by Crippen LogP contribution is -1.87. The number of nitrogens with zero attached hydrogens (tertiary/aromatic N) is 1. The van der Waals surface area contributed by atoms with Crippen LogP contribution in [0.4, 0.5) is 4.39 Å². The zero-order valence-electron chi connectivity index (χ0n) is 8.41. The molecular weight excluding hydrogens is 197 g/mol.